The van der Waals surface area contributed by atoms with Crippen LogP contribution in [0.2, 0.25) is 0 Å². The van der Waals surface area contributed by atoms with Gasteiger partial charge in [-0.25, -0.2) is 5.84 Å². The summed E-state index contributed by atoms with van der Waals surface area (Å²) in [5.41, 5.74) is 2.68. The van der Waals surface area contributed by atoms with Gasteiger partial charge in [-0.15, -0.1) is 0 Å². The van der Waals surface area contributed by atoms with E-state index in [1.165, 1.54) is 32.1 Å². The standard InChI is InChI=1S/C12H26N4S/c1-10(9-17-2)8-14-12(16-13)15-11-6-4-3-5-7-11/h10-11H,3-9,13H2,1-2H3,(H2,14,15,16). The third kappa shape index (κ3) is 6.17. The van der Waals surface area contributed by atoms with Crippen molar-refractivity contribution in [3.8, 4) is 0 Å². The molecule has 5 heteroatoms. The third-order valence-corrected chi connectivity index (χ3v) is 4.00. The molecule has 0 bridgehead atoms. The Morgan fingerprint density at radius 2 is 2.12 bits per heavy atom. The molecule has 0 saturated heterocycles. The van der Waals surface area contributed by atoms with Crippen molar-refractivity contribution in [2.24, 2.45) is 16.8 Å². The van der Waals surface area contributed by atoms with Crippen LogP contribution in [0.25, 0.3) is 0 Å². The molecule has 0 heterocycles. The summed E-state index contributed by atoms with van der Waals surface area (Å²) in [5, 5.41) is 3.41. The van der Waals surface area contributed by atoms with Crippen molar-refractivity contribution in [3.63, 3.8) is 0 Å². The van der Waals surface area contributed by atoms with Crippen molar-refractivity contribution in [1.29, 1.82) is 0 Å². The van der Waals surface area contributed by atoms with E-state index >= 15 is 0 Å². The molecule has 0 aliphatic heterocycles. The number of nitrogens with zero attached hydrogens (tertiary/aromatic N) is 1. The fourth-order valence-corrected chi connectivity index (χ4v) is 2.83. The second kappa shape index (κ2) is 8.64. The molecule has 4 N–H and O–H groups in total. The van der Waals surface area contributed by atoms with Gasteiger partial charge in [-0.3, -0.25) is 10.4 Å². The summed E-state index contributed by atoms with van der Waals surface area (Å²) in [7, 11) is 0. The second-order valence-electron chi connectivity index (χ2n) is 4.87. The average Bonchev–Trinajstić information content (AvgIpc) is 2.36. The van der Waals surface area contributed by atoms with Gasteiger partial charge in [0.15, 0.2) is 0 Å². The second-order valence-corrected chi connectivity index (χ2v) is 5.78. The predicted molar refractivity (Wildman–Crippen MR) is 77.2 cm³/mol. The number of hydrogen-bond donors (Lipinski definition) is 3. The first kappa shape index (κ1) is 14.6. The Labute approximate surface area is 109 Å². The van der Waals surface area contributed by atoms with Crippen molar-refractivity contribution < 1.29 is 0 Å². The van der Waals surface area contributed by atoms with E-state index in [0.29, 0.717) is 12.0 Å². The molecule has 1 rings (SSSR count). The van der Waals surface area contributed by atoms with Gasteiger partial charge >= 0.3 is 0 Å². The summed E-state index contributed by atoms with van der Waals surface area (Å²) in [6.07, 6.45) is 8.60. The van der Waals surface area contributed by atoms with Crippen LogP contribution in [0.4, 0.5) is 0 Å². The average molecular weight is 258 g/mol. The topological polar surface area (TPSA) is 62.4 Å². The van der Waals surface area contributed by atoms with Crippen LogP contribution in [0, 0.1) is 5.92 Å². The molecule has 1 aliphatic rings. The molecule has 0 aromatic carbocycles. The van der Waals surface area contributed by atoms with Crippen molar-refractivity contribution >= 4 is 17.7 Å². The zero-order valence-electron chi connectivity index (χ0n) is 11.0. The van der Waals surface area contributed by atoms with Crippen molar-refractivity contribution in [1.82, 2.24) is 10.7 Å². The lowest BCUT2D eigenvalue weighted by Crippen LogP contribution is -2.47. The number of hydrazine groups is 1. The summed E-state index contributed by atoms with van der Waals surface area (Å²) >= 11 is 1.86. The highest BCUT2D eigenvalue weighted by Crippen LogP contribution is 2.17. The normalized spacial score (nSPS) is 20.1. The Balaban J connectivity index is 2.32. The van der Waals surface area contributed by atoms with Gasteiger partial charge in [-0.05, 0) is 30.8 Å². The molecular formula is C12H26N4S. The van der Waals surface area contributed by atoms with Crippen LogP contribution in [-0.4, -0.2) is 30.6 Å². The van der Waals surface area contributed by atoms with Crippen LogP contribution in [-0.2, 0) is 0 Å². The van der Waals surface area contributed by atoms with Crippen LogP contribution in [0.3, 0.4) is 0 Å². The number of guanidine groups is 1. The maximum absolute atomic E-state index is 5.50. The molecule has 1 fully saturated rings. The molecule has 17 heavy (non-hydrogen) atoms. The van der Waals surface area contributed by atoms with E-state index in [4.69, 9.17) is 5.84 Å². The summed E-state index contributed by atoms with van der Waals surface area (Å²) in [6.45, 7) is 3.05. The van der Waals surface area contributed by atoms with Gasteiger partial charge in [0.25, 0.3) is 0 Å². The Bertz CT molecular complexity index is 227. The minimum atomic E-state index is 0.550. The Morgan fingerprint density at radius 3 is 2.71 bits per heavy atom. The van der Waals surface area contributed by atoms with Crippen LogP contribution in [0.15, 0.2) is 4.99 Å². The van der Waals surface area contributed by atoms with Crippen LogP contribution in [0.1, 0.15) is 39.0 Å². The summed E-state index contributed by atoms with van der Waals surface area (Å²) in [6, 6.07) is 0.550. The summed E-state index contributed by atoms with van der Waals surface area (Å²) in [5.74, 6) is 8.00. The van der Waals surface area contributed by atoms with E-state index in [1.54, 1.807) is 0 Å². The first-order valence-corrected chi connectivity index (χ1v) is 7.92. The molecule has 1 unspecified atom stereocenters. The highest BCUT2D eigenvalue weighted by Gasteiger charge is 2.14. The minimum absolute atomic E-state index is 0.550. The molecule has 0 aromatic rings. The fraction of sp³-hybridized carbons (Fsp3) is 0.917. The van der Waals surface area contributed by atoms with Crippen molar-refractivity contribution in [2.45, 2.75) is 45.1 Å². The van der Waals surface area contributed by atoms with E-state index < -0.39 is 0 Å². The Morgan fingerprint density at radius 1 is 1.41 bits per heavy atom. The van der Waals surface area contributed by atoms with Crippen LogP contribution in [0.5, 0.6) is 0 Å². The lowest BCUT2D eigenvalue weighted by molar-refractivity contribution is 0.409. The lowest BCUT2D eigenvalue weighted by atomic mass is 9.96. The molecule has 0 aromatic heterocycles. The van der Waals surface area contributed by atoms with Gasteiger partial charge in [-0.2, -0.15) is 11.8 Å². The molecule has 0 radical (unpaired) electrons. The Hall–Kier alpha value is -0.420. The highest BCUT2D eigenvalue weighted by molar-refractivity contribution is 7.98. The molecular weight excluding hydrogens is 232 g/mol. The van der Waals surface area contributed by atoms with E-state index in [-0.39, 0.29) is 0 Å². The van der Waals surface area contributed by atoms with E-state index in [2.05, 4.69) is 28.9 Å². The highest BCUT2D eigenvalue weighted by atomic mass is 32.2. The van der Waals surface area contributed by atoms with Crippen molar-refractivity contribution in [3.05, 3.63) is 0 Å². The quantitative estimate of drug-likeness (QED) is 0.304. The third-order valence-electron chi connectivity index (χ3n) is 3.09. The van der Waals surface area contributed by atoms with Crippen LogP contribution < -0.4 is 16.6 Å². The number of hydrogen-bond acceptors (Lipinski definition) is 3. The molecule has 1 saturated carbocycles. The largest absolute Gasteiger partial charge is 0.353 e. The molecule has 100 valence electrons. The van der Waals surface area contributed by atoms with E-state index in [9.17, 15) is 0 Å². The molecule has 1 aliphatic carbocycles. The first-order chi connectivity index (χ1) is 8.26. The predicted octanol–water partition coefficient (Wildman–Crippen LogP) is 1.73. The van der Waals surface area contributed by atoms with Gasteiger partial charge in [0.1, 0.15) is 0 Å². The Kier molecular flexibility index (Phi) is 7.44. The number of nitrogens with two attached hydrogens (primary N) is 1. The number of thioether (sulfide) groups is 1. The molecule has 0 spiro atoms. The summed E-state index contributed by atoms with van der Waals surface area (Å²) < 4.78 is 0. The summed E-state index contributed by atoms with van der Waals surface area (Å²) in [4.78, 5) is 4.51. The maximum Gasteiger partial charge on any atom is 0.205 e. The monoisotopic (exact) mass is 258 g/mol. The smallest absolute Gasteiger partial charge is 0.205 e. The van der Waals surface area contributed by atoms with Gasteiger partial charge in [-0.1, -0.05) is 26.2 Å². The van der Waals surface area contributed by atoms with Gasteiger partial charge in [0.2, 0.25) is 5.96 Å². The lowest BCUT2D eigenvalue weighted by Gasteiger charge is -2.24. The van der Waals surface area contributed by atoms with E-state index in [0.717, 1.165) is 18.3 Å². The molecule has 0 amide bonds. The minimum Gasteiger partial charge on any atom is -0.353 e. The number of nitrogens with one attached hydrogen (secondary N) is 2. The van der Waals surface area contributed by atoms with Gasteiger partial charge in [0, 0.05) is 12.6 Å². The SMILES string of the molecule is CSCC(C)CN=C(NN)NC1CCCCC1. The fourth-order valence-electron chi connectivity index (χ4n) is 2.16. The zero-order chi connectivity index (χ0) is 12.5. The van der Waals surface area contributed by atoms with Gasteiger partial charge in [0.05, 0.1) is 0 Å². The number of rotatable bonds is 5. The van der Waals surface area contributed by atoms with Crippen LogP contribution >= 0.6 is 11.8 Å². The maximum atomic E-state index is 5.50. The van der Waals surface area contributed by atoms with Crippen molar-refractivity contribution in [2.75, 3.05) is 18.6 Å². The van der Waals surface area contributed by atoms with Gasteiger partial charge < -0.3 is 5.32 Å². The molecule has 4 nitrogen and oxygen atoms in total. The van der Waals surface area contributed by atoms with E-state index in [1.807, 2.05) is 11.8 Å². The zero-order valence-corrected chi connectivity index (χ0v) is 11.9. The molecule has 1 atom stereocenters. The first-order valence-electron chi connectivity index (χ1n) is 6.52. The number of aliphatic imine (C=N–C) groups is 1.